The first-order valence-electron chi connectivity index (χ1n) is 5.30. The Kier molecular flexibility index (Phi) is 3.57. The van der Waals surface area contributed by atoms with Gasteiger partial charge in [-0.1, -0.05) is 24.3 Å². The molecule has 0 atom stereocenters. The fourth-order valence-corrected chi connectivity index (χ4v) is 1.55. The zero-order valence-electron chi connectivity index (χ0n) is 9.22. The molecular weight excluding hydrogens is 218 g/mol. The highest BCUT2D eigenvalue weighted by Gasteiger charge is 2.08. The Balaban J connectivity index is 2.00. The number of carbonyl (C=O) groups is 1. The van der Waals surface area contributed by atoms with Gasteiger partial charge in [0.15, 0.2) is 5.76 Å². The standard InChI is InChI=1S/C13H13NO3/c15-9-11-5-2-1-4-10(11)8-14-13(16)12-6-3-7-17-12/h1-7,15H,8-9H2,(H,14,16). The van der Waals surface area contributed by atoms with Gasteiger partial charge in [-0.15, -0.1) is 0 Å². The van der Waals surface area contributed by atoms with Crippen molar-refractivity contribution in [1.29, 1.82) is 0 Å². The van der Waals surface area contributed by atoms with Gasteiger partial charge in [0.2, 0.25) is 0 Å². The molecule has 0 bridgehead atoms. The summed E-state index contributed by atoms with van der Waals surface area (Å²) in [6.45, 7) is 0.336. The third-order valence-electron chi connectivity index (χ3n) is 2.47. The SMILES string of the molecule is O=C(NCc1ccccc1CO)c1ccco1. The first-order chi connectivity index (χ1) is 8.31. The molecule has 1 heterocycles. The average Bonchev–Trinajstić information content (AvgIpc) is 2.90. The predicted molar refractivity (Wildman–Crippen MR) is 62.2 cm³/mol. The Bertz CT molecular complexity index is 491. The van der Waals surface area contributed by atoms with Crippen molar-refractivity contribution in [3.05, 3.63) is 59.5 Å². The molecule has 1 aromatic carbocycles. The van der Waals surface area contributed by atoms with Gasteiger partial charge in [-0.05, 0) is 23.3 Å². The van der Waals surface area contributed by atoms with Crippen molar-refractivity contribution in [3.63, 3.8) is 0 Å². The summed E-state index contributed by atoms with van der Waals surface area (Å²) in [6, 6.07) is 10.7. The minimum Gasteiger partial charge on any atom is -0.459 e. The highest BCUT2D eigenvalue weighted by molar-refractivity contribution is 5.91. The summed E-state index contributed by atoms with van der Waals surface area (Å²) in [7, 11) is 0. The maximum atomic E-state index is 11.6. The second-order valence-electron chi connectivity index (χ2n) is 3.59. The number of aliphatic hydroxyl groups excluding tert-OH is 1. The lowest BCUT2D eigenvalue weighted by Crippen LogP contribution is -2.22. The molecule has 17 heavy (non-hydrogen) atoms. The second-order valence-corrected chi connectivity index (χ2v) is 3.59. The first-order valence-corrected chi connectivity index (χ1v) is 5.30. The summed E-state index contributed by atoms with van der Waals surface area (Å²) < 4.78 is 4.98. The third-order valence-corrected chi connectivity index (χ3v) is 2.47. The lowest BCUT2D eigenvalue weighted by Gasteiger charge is -2.07. The summed E-state index contributed by atoms with van der Waals surface area (Å²) in [5.41, 5.74) is 1.71. The Hall–Kier alpha value is -2.07. The van der Waals surface area contributed by atoms with Gasteiger partial charge in [-0.3, -0.25) is 4.79 Å². The van der Waals surface area contributed by atoms with Crippen LogP contribution in [0.2, 0.25) is 0 Å². The Labute approximate surface area is 98.9 Å². The van der Waals surface area contributed by atoms with Crippen LogP contribution in [0, 0.1) is 0 Å². The zero-order chi connectivity index (χ0) is 12.1. The molecule has 2 N–H and O–H groups in total. The van der Waals surface area contributed by atoms with E-state index in [1.165, 1.54) is 6.26 Å². The van der Waals surface area contributed by atoms with E-state index in [2.05, 4.69) is 5.32 Å². The minimum absolute atomic E-state index is 0.0349. The van der Waals surface area contributed by atoms with Gasteiger partial charge in [0, 0.05) is 6.54 Å². The van der Waals surface area contributed by atoms with Crippen LogP contribution in [0.5, 0.6) is 0 Å². The van der Waals surface area contributed by atoms with Crippen molar-refractivity contribution in [2.45, 2.75) is 13.2 Å². The van der Waals surface area contributed by atoms with Crippen molar-refractivity contribution in [2.24, 2.45) is 0 Å². The summed E-state index contributed by atoms with van der Waals surface area (Å²) >= 11 is 0. The molecule has 0 radical (unpaired) electrons. The van der Waals surface area contributed by atoms with Gasteiger partial charge in [0.25, 0.3) is 5.91 Å². The number of benzene rings is 1. The quantitative estimate of drug-likeness (QED) is 0.841. The van der Waals surface area contributed by atoms with E-state index in [0.717, 1.165) is 11.1 Å². The van der Waals surface area contributed by atoms with E-state index >= 15 is 0 Å². The van der Waals surface area contributed by atoms with Crippen LogP contribution in [0.15, 0.2) is 47.1 Å². The highest BCUT2D eigenvalue weighted by Crippen LogP contribution is 2.08. The fourth-order valence-electron chi connectivity index (χ4n) is 1.55. The van der Waals surface area contributed by atoms with Crippen molar-refractivity contribution in [3.8, 4) is 0 Å². The molecule has 0 saturated heterocycles. The molecule has 0 aliphatic rings. The Morgan fingerprint density at radius 1 is 1.18 bits per heavy atom. The first kappa shape index (κ1) is 11.4. The summed E-state index contributed by atoms with van der Waals surface area (Å²) in [5, 5.41) is 11.9. The molecule has 4 heteroatoms. The molecule has 0 unspecified atom stereocenters. The van der Waals surface area contributed by atoms with E-state index in [0.29, 0.717) is 6.54 Å². The predicted octanol–water partition coefficient (Wildman–Crippen LogP) is 1.70. The Morgan fingerprint density at radius 3 is 2.59 bits per heavy atom. The number of amides is 1. The van der Waals surface area contributed by atoms with Crippen LogP contribution < -0.4 is 5.32 Å². The molecule has 88 valence electrons. The minimum atomic E-state index is -0.261. The maximum absolute atomic E-state index is 11.6. The average molecular weight is 231 g/mol. The number of hydrogen-bond acceptors (Lipinski definition) is 3. The van der Waals surface area contributed by atoms with Gasteiger partial charge in [-0.25, -0.2) is 0 Å². The van der Waals surface area contributed by atoms with E-state index in [1.54, 1.807) is 12.1 Å². The zero-order valence-corrected chi connectivity index (χ0v) is 9.22. The largest absolute Gasteiger partial charge is 0.459 e. The van der Waals surface area contributed by atoms with E-state index in [4.69, 9.17) is 9.52 Å². The van der Waals surface area contributed by atoms with E-state index in [9.17, 15) is 4.79 Å². The number of hydrogen-bond donors (Lipinski definition) is 2. The molecule has 1 aromatic heterocycles. The normalized spacial score (nSPS) is 10.2. The van der Waals surface area contributed by atoms with Crippen molar-refractivity contribution in [2.75, 3.05) is 0 Å². The van der Waals surface area contributed by atoms with E-state index < -0.39 is 0 Å². The molecule has 0 aliphatic carbocycles. The van der Waals surface area contributed by atoms with E-state index in [-0.39, 0.29) is 18.3 Å². The number of rotatable bonds is 4. The summed E-state index contributed by atoms with van der Waals surface area (Å²) in [4.78, 5) is 11.6. The molecule has 0 aliphatic heterocycles. The molecule has 0 spiro atoms. The molecule has 0 saturated carbocycles. The molecule has 1 amide bonds. The Morgan fingerprint density at radius 2 is 1.94 bits per heavy atom. The van der Waals surface area contributed by atoms with Gasteiger partial charge < -0.3 is 14.8 Å². The van der Waals surface area contributed by atoms with Crippen LogP contribution in [0.3, 0.4) is 0 Å². The van der Waals surface area contributed by atoms with Crippen molar-refractivity contribution >= 4 is 5.91 Å². The van der Waals surface area contributed by atoms with Crippen molar-refractivity contribution in [1.82, 2.24) is 5.32 Å². The van der Waals surface area contributed by atoms with Gasteiger partial charge in [0.1, 0.15) is 0 Å². The van der Waals surface area contributed by atoms with Crippen LogP contribution in [0.4, 0.5) is 0 Å². The van der Waals surface area contributed by atoms with Crippen LogP contribution in [0.1, 0.15) is 21.7 Å². The van der Waals surface area contributed by atoms with Crippen LogP contribution >= 0.6 is 0 Å². The monoisotopic (exact) mass is 231 g/mol. The van der Waals surface area contributed by atoms with Gasteiger partial charge in [-0.2, -0.15) is 0 Å². The molecular formula is C13H13NO3. The lowest BCUT2D eigenvalue weighted by molar-refractivity contribution is 0.0923. The number of aliphatic hydroxyl groups is 1. The van der Waals surface area contributed by atoms with Gasteiger partial charge in [0.05, 0.1) is 12.9 Å². The summed E-state index contributed by atoms with van der Waals surface area (Å²) in [5.74, 6) is 0.0224. The molecule has 2 rings (SSSR count). The number of furan rings is 1. The van der Waals surface area contributed by atoms with Crippen LogP contribution in [0.25, 0.3) is 0 Å². The van der Waals surface area contributed by atoms with Crippen molar-refractivity contribution < 1.29 is 14.3 Å². The smallest absolute Gasteiger partial charge is 0.287 e. The third kappa shape index (κ3) is 2.73. The van der Waals surface area contributed by atoms with Gasteiger partial charge >= 0.3 is 0 Å². The second kappa shape index (κ2) is 5.32. The van der Waals surface area contributed by atoms with Crippen LogP contribution in [-0.2, 0) is 13.2 Å². The molecule has 2 aromatic rings. The summed E-state index contributed by atoms with van der Waals surface area (Å²) in [6.07, 6.45) is 1.45. The topological polar surface area (TPSA) is 62.5 Å². The van der Waals surface area contributed by atoms with E-state index in [1.807, 2.05) is 24.3 Å². The lowest BCUT2D eigenvalue weighted by atomic mass is 10.1. The molecule has 0 fully saturated rings. The number of carbonyl (C=O) groups excluding carboxylic acids is 1. The highest BCUT2D eigenvalue weighted by atomic mass is 16.3. The van der Waals surface area contributed by atoms with Crippen LogP contribution in [-0.4, -0.2) is 11.0 Å². The number of nitrogens with one attached hydrogen (secondary N) is 1. The molecule has 4 nitrogen and oxygen atoms in total. The maximum Gasteiger partial charge on any atom is 0.287 e. The fraction of sp³-hybridized carbons (Fsp3) is 0.154.